The van der Waals surface area contributed by atoms with Crippen molar-refractivity contribution in [1.82, 2.24) is 15.1 Å². The number of rotatable bonds is 4. The maximum atomic E-state index is 12.9. The molecule has 27 heavy (non-hydrogen) atoms. The molecule has 1 unspecified atom stereocenters. The quantitative estimate of drug-likeness (QED) is 0.777. The van der Waals surface area contributed by atoms with Gasteiger partial charge in [0.2, 0.25) is 5.91 Å². The zero-order valence-corrected chi connectivity index (χ0v) is 16.7. The van der Waals surface area contributed by atoms with Gasteiger partial charge in [-0.2, -0.15) is 0 Å². The van der Waals surface area contributed by atoms with Crippen LogP contribution in [0.15, 0.2) is 24.3 Å². The molecule has 2 heterocycles. The first-order chi connectivity index (χ1) is 13.2. The lowest BCUT2D eigenvalue weighted by molar-refractivity contribution is -0.137. The van der Waals surface area contributed by atoms with Gasteiger partial charge in [0.25, 0.3) is 0 Å². The number of ether oxygens (including phenoxy) is 1. The molecule has 1 saturated carbocycles. The van der Waals surface area contributed by atoms with Gasteiger partial charge in [0.15, 0.2) is 0 Å². The van der Waals surface area contributed by atoms with Crippen molar-refractivity contribution in [3.63, 3.8) is 0 Å². The number of piperidine rings is 1. The van der Waals surface area contributed by atoms with E-state index in [0.29, 0.717) is 11.8 Å². The monoisotopic (exact) mass is 385 g/mol. The summed E-state index contributed by atoms with van der Waals surface area (Å²) in [5.41, 5.74) is 1.06. The zero-order chi connectivity index (χ0) is 18.6. The third-order valence-corrected chi connectivity index (χ3v) is 6.95. The van der Waals surface area contributed by atoms with Crippen molar-refractivity contribution in [3.05, 3.63) is 29.3 Å². The van der Waals surface area contributed by atoms with Gasteiger partial charge in [0.05, 0.1) is 7.11 Å². The fraction of sp³-hybridized carbons (Fsp3) is 0.571. The van der Waals surface area contributed by atoms with E-state index in [1.165, 1.54) is 19.3 Å². The standard InChI is InChI=1S/C21H27N3O2S/c1-26-18-11-9-15(10-12-18)19-22-23-20(27-19)17-8-5-13-24(14-17)21(25)16-6-3-2-4-7-16/h9-12,16-17H,2-8,13-14H2,1H3. The van der Waals surface area contributed by atoms with Crippen LogP contribution in [0.1, 0.15) is 55.9 Å². The second-order valence-electron chi connectivity index (χ2n) is 7.63. The van der Waals surface area contributed by atoms with Gasteiger partial charge >= 0.3 is 0 Å². The summed E-state index contributed by atoms with van der Waals surface area (Å²) in [6, 6.07) is 7.93. The van der Waals surface area contributed by atoms with Crippen LogP contribution in [-0.4, -0.2) is 41.2 Å². The molecule has 2 aliphatic rings. The van der Waals surface area contributed by atoms with Crippen molar-refractivity contribution in [2.75, 3.05) is 20.2 Å². The number of nitrogens with zero attached hydrogens (tertiary/aromatic N) is 3. The molecule has 4 rings (SSSR count). The second-order valence-corrected chi connectivity index (χ2v) is 8.64. The lowest BCUT2D eigenvalue weighted by Crippen LogP contribution is -2.42. The number of aromatic nitrogens is 2. The molecule has 6 heteroatoms. The van der Waals surface area contributed by atoms with E-state index in [-0.39, 0.29) is 5.92 Å². The van der Waals surface area contributed by atoms with Crippen LogP contribution in [0.3, 0.4) is 0 Å². The summed E-state index contributed by atoms with van der Waals surface area (Å²) in [5, 5.41) is 10.9. The first kappa shape index (κ1) is 18.4. The normalized spacial score (nSPS) is 21.2. The molecule has 0 bridgehead atoms. The highest BCUT2D eigenvalue weighted by atomic mass is 32.1. The lowest BCUT2D eigenvalue weighted by atomic mass is 9.87. The molecule has 1 saturated heterocycles. The molecule has 1 aromatic heterocycles. The molecule has 2 aromatic rings. The molecule has 1 aliphatic heterocycles. The molecular formula is C21H27N3O2S. The zero-order valence-electron chi connectivity index (χ0n) is 15.9. The Morgan fingerprint density at radius 2 is 1.85 bits per heavy atom. The van der Waals surface area contributed by atoms with Gasteiger partial charge in [-0.25, -0.2) is 0 Å². The van der Waals surface area contributed by atoms with E-state index < -0.39 is 0 Å². The van der Waals surface area contributed by atoms with Crippen molar-refractivity contribution in [1.29, 1.82) is 0 Å². The molecule has 0 radical (unpaired) electrons. The van der Waals surface area contributed by atoms with Crippen molar-refractivity contribution < 1.29 is 9.53 Å². The maximum absolute atomic E-state index is 12.9. The number of likely N-dealkylation sites (tertiary alicyclic amines) is 1. The fourth-order valence-corrected chi connectivity index (χ4v) is 5.21. The highest BCUT2D eigenvalue weighted by Gasteiger charge is 2.31. The summed E-state index contributed by atoms with van der Waals surface area (Å²) in [6.07, 6.45) is 7.98. The summed E-state index contributed by atoms with van der Waals surface area (Å²) in [4.78, 5) is 15.0. The summed E-state index contributed by atoms with van der Waals surface area (Å²) in [6.45, 7) is 1.70. The number of hydrogen-bond acceptors (Lipinski definition) is 5. The maximum Gasteiger partial charge on any atom is 0.225 e. The van der Waals surface area contributed by atoms with Gasteiger partial charge in [-0.1, -0.05) is 30.6 Å². The van der Waals surface area contributed by atoms with E-state index in [4.69, 9.17) is 4.74 Å². The molecule has 0 N–H and O–H groups in total. The van der Waals surface area contributed by atoms with Gasteiger partial charge in [-0.15, -0.1) is 10.2 Å². The van der Waals surface area contributed by atoms with E-state index in [0.717, 1.165) is 60.1 Å². The van der Waals surface area contributed by atoms with Crippen molar-refractivity contribution >= 4 is 17.2 Å². The topological polar surface area (TPSA) is 55.3 Å². The average molecular weight is 386 g/mol. The van der Waals surface area contributed by atoms with E-state index >= 15 is 0 Å². The van der Waals surface area contributed by atoms with Crippen LogP contribution >= 0.6 is 11.3 Å². The van der Waals surface area contributed by atoms with Crippen molar-refractivity contribution in [2.45, 2.75) is 50.9 Å². The van der Waals surface area contributed by atoms with Gasteiger partial charge in [0, 0.05) is 30.5 Å². The molecular weight excluding hydrogens is 358 g/mol. The summed E-state index contributed by atoms with van der Waals surface area (Å²) in [5.74, 6) is 1.78. The molecule has 5 nitrogen and oxygen atoms in total. The van der Waals surface area contributed by atoms with Crippen LogP contribution < -0.4 is 4.74 Å². The first-order valence-corrected chi connectivity index (χ1v) is 10.8. The van der Waals surface area contributed by atoms with Gasteiger partial charge in [0.1, 0.15) is 15.8 Å². The number of carbonyl (C=O) groups excluding carboxylic acids is 1. The van der Waals surface area contributed by atoms with E-state index in [9.17, 15) is 4.79 Å². The smallest absolute Gasteiger partial charge is 0.225 e. The number of benzene rings is 1. The highest BCUT2D eigenvalue weighted by molar-refractivity contribution is 7.14. The van der Waals surface area contributed by atoms with Crippen LogP contribution in [0, 0.1) is 5.92 Å². The Kier molecular flexibility index (Phi) is 5.72. The number of methoxy groups -OCH3 is 1. The third-order valence-electron chi connectivity index (χ3n) is 5.81. The molecule has 144 valence electrons. The minimum absolute atomic E-state index is 0.252. The van der Waals surface area contributed by atoms with Gasteiger partial charge < -0.3 is 9.64 Å². The minimum atomic E-state index is 0.252. The van der Waals surface area contributed by atoms with Crippen LogP contribution in [0.2, 0.25) is 0 Å². The Balaban J connectivity index is 1.43. The molecule has 0 spiro atoms. The molecule has 1 amide bonds. The predicted octanol–water partition coefficient (Wildman–Crippen LogP) is 4.50. The Bertz CT molecular complexity index is 768. The average Bonchev–Trinajstić information content (AvgIpc) is 3.24. The largest absolute Gasteiger partial charge is 0.497 e. The third kappa shape index (κ3) is 4.15. The SMILES string of the molecule is COc1ccc(-c2nnc(C3CCCN(C(=O)C4CCCCC4)C3)s2)cc1. The van der Waals surface area contributed by atoms with Crippen LogP contribution in [0.5, 0.6) is 5.75 Å². The Morgan fingerprint density at radius 3 is 2.59 bits per heavy atom. The Hall–Kier alpha value is -1.95. The number of amides is 1. The second kappa shape index (κ2) is 8.38. The van der Waals surface area contributed by atoms with E-state index in [2.05, 4.69) is 15.1 Å². The minimum Gasteiger partial charge on any atom is -0.497 e. The van der Waals surface area contributed by atoms with Crippen LogP contribution in [0.25, 0.3) is 10.6 Å². The summed E-state index contributed by atoms with van der Waals surface area (Å²) >= 11 is 1.65. The molecule has 2 fully saturated rings. The Morgan fingerprint density at radius 1 is 1.07 bits per heavy atom. The first-order valence-electron chi connectivity index (χ1n) is 10.0. The van der Waals surface area contributed by atoms with Crippen LogP contribution in [-0.2, 0) is 4.79 Å². The van der Waals surface area contributed by atoms with Crippen molar-refractivity contribution in [3.8, 4) is 16.3 Å². The van der Waals surface area contributed by atoms with Crippen molar-refractivity contribution in [2.24, 2.45) is 5.92 Å². The molecule has 1 atom stereocenters. The van der Waals surface area contributed by atoms with Crippen LogP contribution in [0.4, 0.5) is 0 Å². The summed E-state index contributed by atoms with van der Waals surface area (Å²) < 4.78 is 5.22. The number of carbonyl (C=O) groups is 1. The predicted molar refractivity (Wildman–Crippen MR) is 107 cm³/mol. The fourth-order valence-electron chi connectivity index (χ4n) is 4.24. The molecule has 1 aliphatic carbocycles. The molecule has 1 aromatic carbocycles. The Labute approximate surface area is 164 Å². The van der Waals surface area contributed by atoms with Gasteiger partial charge in [-0.05, 0) is 49.9 Å². The van der Waals surface area contributed by atoms with E-state index in [1.807, 2.05) is 24.3 Å². The van der Waals surface area contributed by atoms with E-state index in [1.54, 1.807) is 18.4 Å². The number of hydrogen-bond donors (Lipinski definition) is 0. The van der Waals surface area contributed by atoms with Gasteiger partial charge in [-0.3, -0.25) is 4.79 Å². The summed E-state index contributed by atoms with van der Waals surface area (Å²) in [7, 11) is 1.67. The highest BCUT2D eigenvalue weighted by Crippen LogP contribution is 2.34. The lowest BCUT2D eigenvalue weighted by Gasteiger charge is -2.35.